The van der Waals surface area contributed by atoms with Gasteiger partial charge in [-0.3, -0.25) is 4.79 Å². The summed E-state index contributed by atoms with van der Waals surface area (Å²) in [6.07, 6.45) is 4.40. The highest BCUT2D eigenvalue weighted by Gasteiger charge is 2.27. The van der Waals surface area contributed by atoms with Crippen LogP contribution in [-0.4, -0.2) is 32.6 Å². The van der Waals surface area contributed by atoms with Gasteiger partial charge in [0.15, 0.2) is 0 Å². The third-order valence-electron chi connectivity index (χ3n) is 7.01. The molecule has 0 fully saturated rings. The fraction of sp³-hybridized carbons (Fsp3) is 0.194. The minimum atomic E-state index is -1.07. The number of aliphatic carboxylic acids is 1. The number of nitrogens with one attached hydrogen (secondary N) is 1. The van der Waals surface area contributed by atoms with E-state index < -0.39 is 17.9 Å². The van der Waals surface area contributed by atoms with E-state index >= 15 is 0 Å². The van der Waals surface area contributed by atoms with Gasteiger partial charge in [0.1, 0.15) is 6.04 Å². The van der Waals surface area contributed by atoms with E-state index in [1.54, 1.807) is 17.1 Å². The molecule has 1 heterocycles. The molecule has 1 unspecified atom stereocenters. The number of carboxylic acid groups (broad SMARTS) is 1. The van der Waals surface area contributed by atoms with Crippen LogP contribution in [0, 0.1) is 5.92 Å². The zero-order chi connectivity index (χ0) is 25.8. The molecule has 0 radical (unpaired) electrons. The predicted octanol–water partition coefficient (Wildman–Crippen LogP) is 4.94. The lowest BCUT2D eigenvalue weighted by atomic mass is 9.87. The summed E-state index contributed by atoms with van der Waals surface area (Å²) in [6, 6.07) is 27.5. The number of fused-ring (bicyclic) bond motifs is 2. The number of imidazole rings is 1. The molecular formula is C31H29N3O3. The van der Waals surface area contributed by atoms with Crippen molar-refractivity contribution in [2.24, 2.45) is 13.0 Å². The van der Waals surface area contributed by atoms with Crippen LogP contribution in [0.3, 0.4) is 0 Å². The molecule has 0 aliphatic heterocycles. The lowest BCUT2D eigenvalue weighted by Gasteiger charge is -2.22. The van der Waals surface area contributed by atoms with Crippen molar-refractivity contribution in [2.45, 2.75) is 25.3 Å². The quantitative estimate of drug-likeness (QED) is 0.306. The van der Waals surface area contributed by atoms with Gasteiger partial charge in [-0.25, -0.2) is 9.78 Å². The third kappa shape index (κ3) is 5.38. The highest BCUT2D eigenvalue weighted by atomic mass is 16.4. The second kappa shape index (κ2) is 10.7. The molecule has 1 atom stereocenters. The zero-order valence-electron chi connectivity index (χ0n) is 20.7. The number of carbonyl (C=O) groups is 2. The van der Waals surface area contributed by atoms with Crippen molar-refractivity contribution in [2.75, 3.05) is 0 Å². The molecule has 1 amide bonds. The molecule has 5 rings (SSSR count). The Morgan fingerprint density at radius 1 is 0.811 bits per heavy atom. The van der Waals surface area contributed by atoms with E-state index in [-0.39, 0.29) is 12.3 Å². The number of amides is 1. The molecule has 186 valence electrons. The average molecular weight is 492 g/mol. The van der Waals surface area contributed by atoms with Crippen LogP contribution in [0.15, 0.2) is 97.5 Å². The summed E-state index contributed by atoms with van der Waals surface area (Å²) in [5.74, 6) is -1.79. The van der Waals surface area contributed by atoms with Crippen molar-refractivity contribution in [1.29, 1.82) is 0 Å². The number of aryl methyl sites for hydroxylation is 1. The number of hydrogen-bond acceptors (Lipinski definition) is 3. The van der Waals surface area contributed by atoms with Crippen LogP contribution < -0.4 is 5.32 Å². The summed E-state index contributed by atoms with van der Waals surface area (Å²) in [5.41, 5.74) is 2.88. The van der Waals surface area contributed by atoms with Crippen LogP contribution in [-0.2, 0) is 35.9 Å². The average Bonchev–Trinajstić information content (AvgIpc) is 3.32. The molecule has 0 aliphatic rings. The fourth-order valence-electron chi connectivity index (χ4n) is 5.01. The minimum Gasteiger partial charge on any atom is -0.480 e. The standard InChI is InChI=1S/C31H29N3O3/c1-34-20-32-19-26(34)18-29(31(36)37)33-30(35)25(16-23-12-6-10-21-8-2-4-14-27(21)23)17-24-13-7-11-22-9-3-5-15-28(22)24/h2-15,19-20,25,29H,16-18H2,1H3,(H,33,35)(H,36,37). The van der Waals surface area contributed by atoms with Crippen molar-refractivity contribution < 1.29 is 14.7 Å². The Kier molecular flexibility index (Phi) is 6.99. The van der Waals surface area contributed by atoms with Crippen molar-refractivity contribution in [3.8, 4) is 0 Å². The van der Waals surface area contributed by atoms with Gasteiger partial charge in [0.05, 0.1) is 6.33 Å². The molecule has 0 spiro atoms. The Balaban J connectivity index is 1.48. The number of benzene rings is 4. The number of nitrogens with zero attached hydrogens (tertiary/aromatic N) is 2. The molecule has 37 heavy (non-hydrogen) atoms. The van der Waals surface area contributed by atoms with E-state index in [0.717, 1.165) is 38.4 Å². The van der Waals surface area contributed by atoms with E-state index in [1.165, 1.54) is 0 Å². The topological polar surface area (TPSA) is 84.2 Å². The van der Waals surface area contributed by atoms with E-state index in [2.05, 4.69) is 58.8 Å². The number of carbonyl (C=O) groups excluding carboxylic acids is 1. The van der Waals surface area contributed by atoms with Crippen molar-refractivity contribution >= 4 is 33.4 Å². The van der Waals surface area contributed by atoms with Gasteiger partial charge in [-0.15, -0.1) is 0 Å². The smallest absolute Gasteiger partial charge is 0.326 e. The van der Waals surface area contributed by atoms with Crippen molar-refractivity contribution in [3.05, 3.63) is 114 Å². The first-order chi connectivity index (χ1) is 18.0. The molecule has 0 aliphatic carbocycles. The van der Waals surface area contributed by atoms with Gasteiger partial charge in [0.2, 0.25) is 5.91 Å². The summed E-state index contributed by atoms with van der Waals surface area (Å²) < 4.78 is 1.77. The lowest BCUT2D eigenvalue weighted by Crippen LogP contribution is -2.46. The third-order valence-corrected chi connectivity index (χ3v) is 7.01. The van der Waals surface area contributed by atoms with Crippen LogP contribution in [0.4, 0.5) is 0 Å². The molecule has 0 saturated heterocycles. The first-order valence-corrected chi connectivity index (χ1v) is 12.4. The van der Waals surface area contributed by atoms with Gasteiger partial charge >= 0.3 is 5.97 Å². The van der Waals surface area contributed by atoms with Crippen LogP contribution in [0.2, 0.25) is 0 Å². The van der Waals surface area contributed by atoms with E-state index in [1.807, 2.05) is 43.4 Å². The molecule has 2 N–H and O–H groups in total. The second-order valence-corrected chi connectivity index (χ2v) is 9.48. The normalized spacial score (nSPS) is 12.2. The van der Waals surface area contributed by atoms with Gasteiger partial charge in [-0.1, -0.05) is 84.9 Å². The number of hydrogen-bond donors (Lipinski definition) is 2. The van der Waals surface area contributed by atoms with Gasteiger partial charge in [-0.2, -0.15) is 0 Å². The Hall–Kier alpha value is -4.45. The summed E-state index contributed by atoms with van der Waals surface area (Å²) >= 11 is 0. The van der Waals surface area contributed by atoms with E-state index in [0.29, 0.717) is 12.8 Å². The maximum atomic E-state index is 13.8. The SMILES string of the molecule is Cn1cncc1CC(NC(=O)C(Cc1cccc2ccccc12)Cc1cccc2ccccc12)C(=O)O. The summed E-state index contributed by atoms with van der Waals surface area (Å²) in [4.78, 5) is 29.9. The van der Waals surface area contributed by atoms with Gasteiger partial charge in [0.25, 0.3) is 0 Å². The van der Waals surface area contributed by atoms with Crippen molar-refractivity contribution in [1.82, 2.24) is 14.9 Å². The van der Waals surface area contributed by atoms with Crippen LogP contribution in [0.25, 0.3) is 21.5 Å². The fourth-order valence-corrected chi connectivity index (χ4v) is 5.01. The highest BCUT2D eigenvalue weighted by Crippen LogP contribution is 2.26. The molecule has 0 saturated carbocycles. The first-order valence-electron chi connectivity index (χ1n) is 12.4. The Labute approximate surface area is 215 Å². The van der Waals surface area contributed by atoms with Crippen LogP contribution in [0.5, 0.6) is 0 Å². The van der Waals surface area contributed by atoms with Gasteiger partial charge in [-0.05, 0) is 45.5 Å². The molecule has 5 aromatic rings. The Bertz CT molecular complexity index is 1480. The maximum Gasteiger partial charge on any atom is 0.326 e. The Morgan fingerprint density at radius 2 is 1.35 bits per heavy atom. The lowest BCUT2D eigenvalue weighted by molar-refractivity contribution is -0.142. The molecule has 6 nitrogen and oxygen atoms in total. The molecule has 0 bridgehead atoms. The number of aromatic nitrogens is 2. The van der Waals surface area contributed by atoms with Crippen LogP contribution >= 0.6 is 0 Å². The van der Waals surface area contributed by atoms with Crippen LogP contribution in [0.1, 0.15) is 16.8 Å². The molecular weight excluding hydrogens is 462 g/mol. The largest absolute Gasteiger partial charge is 0.480 e. The predicted molar refractivity (Wildman–Crippen MR) is 145 cm³/mol. The number of rotatable bonds is 9. The van der Waals surface area contributed by atoms with Crippen molar-refractivity contribution in [3.63, 3.8) is 0 Å². The zero-order valence-corrected chi connectivity index (χ0v) is 20.7. The molecule has 1 aromatic heterocycles. The first kappa shape index (κ1) is 24.3. The molecule has 4 aromatic carbocycles. The maximum absolute atomic E-state index is 13.8. The summed E-state index contributed by atoms with van der Waals surface area (Å²) in [7, 11) is 1.81. The minimum absolute atomic E-state index is 0.160. The summed E-state index contributed by atoms with van der Waals surface area (Å²) in [5, 5.41) is 17.2. The van der Waals surface area contributed by atoms with E-state index in [9.17, 15) is 14.7 Å². The highest BCUT2D eigenvalue weighted by molar-refractivity contribution is 5.90. The number of carboxylic acids is 1. The Morgan fingerprint density at radius 3 is 1.86 bits per heavy atom. The molecule has 6 heteroatoms. The second-order valence-electron chi connectivity index (χ2n) is 9.48. The van der Waals surface area contributed by atoms with Gasteiger partial charge in [0, 0.05) is 31.3 Å². The monoisotopic (exact) mass is 491 g/mol. The van der Waals surface area contributed by atoms with E-state index in [4.69, 9.17) is 0 Å². The summed E-state index contributed by atoms with van der Waals surface area (Å²) in [6.45, 7) is 0. The van der Waals surface area contributed by atoms with Gasteiger partial charge < -0.3 is 15.0 Å².